The van der Waals surface area contributed by atoms with E-state index >= 15 is 0 Å². The zero-order chi connectivity index (χ0) is 14.6. The maximum absolute atomic E-state index is 12.4. The maximum atomic E-state index is 12.4. The Morgan fingerprint density at radius 1 is 1.25 bits per heavy atom. The van der Waals surface area contributed by atoms with Crippen LogP contribution in [-0.2, 0) is 4.79 Å². The maximum Gasteiger partial charge on any atom is 0.244 e. The number of carbonyl (C=O) groups excluding carboxylic acids is 1. The molecule has 4 heteroatoms. The molecule has 0 spiro atoms. The minimum Gasteiger partial charge on any atom is -0.489 e. The van der Waals surface area contributed by atoms with Crippen molar-refractivity contribution in [3.05, 3.63) is 24.3 Å². The van der Waals surface area contributed by atoms with Gasteiger partial charge in [0.25, 0.3) is 0 Å². The zero-order valence-corrected chi connectivity index (χ0v) is 12.3. The van der Waals surface area contributed by atoms with Gasteiger partial charge in [-0.3, -0.25) is 4.79 Å². The summed E-state index contributed by atoms with van der Waals surface area (Å²) in [5, 5.41) is 2.94. The summed E-state index contributed by atoms with van der Waals surface area (Å²) in [4.78, 5) is 12.4. The third-order valence-electron chi connectivity index (χ3n) is 3.70. The van der Waals surface area contributed by atoms with Crippen molar-refractivity contribution >= 4 is 11.6 Å². The van der Waals surface area contributed by atoms with E-state index in [0.717, 1.165) is 25.7 Å². The number of hydrogen-bond donors (Lipinski definition) is 2. The lowest BCUT2D eigenvalue weighted by Gasteiger charge is -2.32. The smallest absolute Gasteiger partial charge is 0.244 e. The van der Waals surface area contributed by atoms with Crippen LogP contribution < -0.4 is 15.8 Å². The molecule has 1 aliphatic carbocycles. The van der Waals surface area contributed by atoms with Gasteiger partial charge in [0.15, 0.2) is 0 Å². The van der Waals surface area contributed by atoms with E-state index in [1.54, 1.807) is 0 Å². The number of nitrogens with one attached hydrogen (secondary N) is 1. The molecule has 0 radical (unpaired) electrons. The van der Waals surface area contributed by atoms with Gasteiger partial charge in [-0.25, -0.2) is 0 Å². The Morgan fingerprint density at radius 3 is 2.55 bits per heavy atom. The largest absolute Gasteiger partial charge is 0.489 e. The predicted molar refractivity (Wildman–Crippen MR) is 80.8 cm³/mol. The van der Waals surface area contributed by atoms with Crippen molar-refractivity contribution in [3.63, 3.8) is 0 Å². The van der Waals surface area contributed by atoms with E-state index < -0.39 is 5.54 Å². The van der Waals surface area contributed by atoms with Crippen LogP contribution in [0.3, 0.4) is 0 Å². The van der Waals surface area contributed by atoms with Crippen molar-refractivity contribution in [2.75, 3.05) is 5.32 Å². The molecular weight excluding hydrogens is 252 g/mol. The van der Waals surface area contributed by atoms with Crippen molar-refractivity contribution in [1.29, 1.82) is 0 Å². The summed E-state index contributed by atoms with van der Waals surface area (Å²) >= 11 is 0. The van der Waals surface area contributed by atoms with Crippen molar-refractivity contribution in [2.24, 2.45) is 5.73 Å². The van der Waals surface area contributed by atoms with Crippen LogP contribution in [0.4, 0.5) is 5.69 Å². The van der Waals surface area contributed by atoms with Gasteiger partial charge in [0.05, 0.1) is 17.3 Å². The highest BCUT2D eigenvalue weighted by Crippen LogP contribution is 2.30. The fraction of sp³-hybridized carbons (Fsp3) is 0.562. The summed E-state index contributed by atoms with van der Waals surface area (Å²) in [6.07, 6.45) is 4.79. The topological polar surface area (TPSA) is 64.3 Å². The van der Waals surface area contributed by atoms with Gasteiger partial charge in [0.1, 0.15) is 5.75 Å². The summed E-state index contributed by atoms with van der Waals surface area (Å²) < 4.78 is 5.71. The van der Waals surface area contributed by atoms with Crippen molar-refractivity contribution in [3.8, 4) is 5.75 Å². The van der Waals surface area contributed by atoms with Crippen LogP contribution in [0.1, 0.15) is 46.0 Å². The first-order chi connectivity index (χ1) is 9.51. The molecule has 0 unspecified atom stereocenters. The number of para-hydroxylation sites is 2. The van der Waals surface area contributed by atoms with E-state index in [9.17, 15) is 4.79 Å². The number of rotatable bonds is 4. The number of ether oxygens (including phenoxy) is 1. The van der Waals surface area contributed by atoms with Crippen LogP contribution in [0.25, 0.3) is 0 Å². The highest BCUT2D eigenvalue weighted by atomic mass is 16.5. The monoisotopic (exact) mass is 276 g/mol. The molecule has 1 aromatic rings. The van der Waals surface area contributed by atoms with E-state index in [4.69, 9.17) is 10.5 Å². The molecule has 110 valence electrons. The fourth-order valence-electron chi connectivity index (χ4n) is 2.58. The van der Waals surface area contributed by atoms with Gasteiger partial charge in [-0.15, -0.1) is 0 Å². The lowest BCUT2D eigenvalue weighted by molar-refractivity contribution is -0.122. The molecule has 4 nitrogen and oxygen atoms in total. The standard InChI is InChI=1S/C16H24N2O2/c1-12(2)20-14-9-5-4-8-13(14)18-15(19)16(17)10-6-3-7-11-16/h4-5,8-9,12H,3,6-7,10-11,17H2,1-2H3,(H,18,19). The van der Waals surface area contributed by atoms with Gasteiger partial charge in [-0.05, 0) is 38.8 Å². The third kappa shape index (κ3) is 3.51. The van der Waals surface area contributed by atoms with Gasteiger partial charge in [-0.2, -0.15) is 0 Å². The number of carbonyl (C=O) groups is 1. The van der Waals surface area contributed by atoms with Gasteiger partial charge in [0.2, 0.25) is 5.91 Å². The second-order valence-corrected chi connectivity index (χ2v) is 5.83. The molecule has 0 aliphatic heterocycles. The Bertz CT molecular complexity index is 465. The van der Waals surface area contributed by atoms with Gasteiger partial charge < -0.3 is 15.8 Å². The number of anilines is 1. The Balaban J connectivity index is 2.11. The molecule has 20 heavy (non-hydrogen) atoms. The fourth-order valence-corrected chi connectivity index (χ4v) is 2.58. The van der Waals surface area contributed by atoms with Gasteiger partial charge in [0, 0.05) is 0 Å². The number of hydrogen-bond acceptors (Lipinski definition) is 3. The molecule has 1 aliphatic rings. The summed E-state index contributed by atoms with van der Waals surface area (Å²) in [7, 11) is 0. The number of amides is 1. The van der Waals surface area contributed by atoms with Crippen molar-refractivity contribution in [1.82, 2.24) is 0 Å². The second kappa shape index (κ2) is 6.27. The van der Waals surface area contributed by atoms with Crippen LogP contribution in [0.2, 0.25) is 0 Å². The number of nitrogens with two attached hydrogens (primary N) is 1. The molecule has 3 N–H and O–H groups in total. The van der Waals surface area contributed by atoms with E-state index in [1.807, 2.05) is 38.1 Å². The van der Waals surface area contributed by atoms with Crippen LogP contribution in [0.5, 0.6) is 5.75 Å². The molecule has 1 fully saturated rings. The SMILES string of the molecule is CC(C)Oc1ccccc1NC(=O)C1(N)CCCCC1. The molecule has 2 rings (SSSR count). The van der Waals surface area contributed by atoms with Crippen LogP contribution >= 0.6 is 0 Å². The minimum absolute atomic E-state index is 0.0644. The Kier molecular flexibility index (Phi) is 4.65. The van der Waals surface area contributed by atoms with E-state index in [-0.39, 0.29) is 12.0 Å². The average molecular weight is 276 g/mol. The van der Waals surface area contributed by atoms with E-state index in [1.165, 1.54) is 6.42 Å². The Hall–Kier alpha value is -1.55. The summed E-state index contributed by atoms with van der Waals surface area (Å²) in [5.41, 5.74) is 6.21. The lowest BCUT2D eigenvalue weighted by atomic mass is 9.82. The van der Waals surface area contributed by atoms with Gasteiger partial charge >= 0.3 is 0 Å². The zero-order valence-electron chi connectivity index (χ0n) is 12.3. The third-order valence-corrected chi connectivity index (χ3v) is 3.70. The normalized spacial score (nSPS) is 17.8. The molecule has 0 atom stereocenters. The van der Waals surface area contributed by atoms with Crippen molar-refractivity contribution in [2.45, 2.75) is 57.6 Å². The van der Waals surface area contributed by atoms with E-state index in [0.29, 0.717) is 11.4 Å². The molecule has 0 saturated heterocycles. The Morgan fingerprint density at radius 2 is 1.90 bits per heavy atom. The van der Waals surface area contributed by atoms with Crippen LogP contribution in [0, 0.1) is 0 Å². The summed E-state index contributed by atoms with van der Waals surface area (Å²) in [6, 6.07) is 7.49. The molecule has 1 saturated carbocycles. The highest BCUT2D eigenvalue weighted by Gasteiger charge is 2.35. The molecular formula is C16H24N2O2. The first-order valence-corrected chi connectivity index (χ1v) is 7.37. The molecule has 0 aromatic heterocycles. The average Bonchev–Trinajstić information content (AvgIpc) is 2.41. The van der Waals surface area contributed by atoms with E-state index in [2.05, 4.69) is 5.32 Å². The first kappa shape index (κ1) is 14.9. The predicted octanol–water partition coefficient (Wildman–Crippen LogP) is 3.07. The molecule has 1 amide bonds. The highest BCUT2D eigenvalue weighted by molar-refractivity contribution is 5.99. The Labute approximate surface area is 120 Å². The summed E-state index contributed by atoms with van der Waals surface area (Å²) in [5.74, 6) is 0.590. The lowest BCUT2D eigenvalue weighted by Crippen LogP contribution is -2.52. The molecule has 0 heterocycles. The molecule has 0 bridgehead atoms. The van der Waals surface area contributed by atoms with Crippen molar-refractivity contribution < 1.29 is 9.53 Å². The molecule has 1 aromatic carbocycles. The summed E-state index contributed by atoms with van der Waals surface area (Å²) in [6.45, 7) is 3.92. The van der Waals surface area contributed by atoms with Crippen LogP contribution in [0.15, 0.2) is 24.3 Å². The van der Waals surface area contributed by atoms with Gasteiger partial charge in [-0.1, -0.05) is 31.4 Å². The van der Waals surface area contributed by atoms with Crippen LogP contribution in [-0.4, -0.2) is 17.6 Å². The number of benzene rings is 1. The second-order valence-electron chi connectivity index (χ2n) is 5.83. The quantitative estimate of drug-likeness (QED) is 0.888. The first-order valence-electron chi connectivity index (χ1n) is 7.37. The minimum atomic E-state index is -0.733.